The Morgan fingerprint density at radius 1 is 1.28 bits per heavy atom. The van der Waals surface area contributed by atoms with Gasteiger partial charge >= 0.3 is 5.97 Å². The lowest BCUT2D eigenvalue weighted by Gasteiger charge is -2.24. The van der Waals surface area contributed by atoms with Gasteiger partial charge in [-0.3, -0.25) is 9.79 Å². The Morgan fingerprint density at radius 2 is 1.92 bits per heavy atom. The van der Waals surface area contributed by atoms with Gasteiger partial charge in [0.1, 0.15) is 0 Å². The molecule has 0 spiro atoms. The number of aliphatic imine (C=N–C) groups is 1. The molecule has 0 amide bonds. The number of aliphatic carboxylic acids is 1. The van der Waals surface area contributed by atoms with Gasteiger partial charge in [-0.05, 0) is 24.8 Å². The molecule has 0 aliphatic rings. The molecule has 1 rings (SSSR count). The maximum absolute atomic E-state index is 12.5. The molecule has 0 aliphatic heterocycles. The van der Waals surface area contributed by atoms with Crippen LogP contribution in [0.1, 0.15) is 24.8 Å². The van der Waals surface area contributed by atoms with Crippen molar-refractivity contribution < 1.29 is 19.7 Å². The second kappa shape index (κ2) is 9.21. The standard InChI is InChI=1S/C15H21N5O5/c16-14(17)18-10-4-9-15(13(22)23,19-20(24)25)12(21)8-7-11-5-2-1-3-6-11/h1-3,5-6,19H,4,7-10H2,(H,22,23)(H4,16,17,18)/t15-/m1/s1. The number of rotatable bonds is 11. The van der Waals surface area contributed by atoms with Crippen molar-refractivity contribution >= 4 is 17.7 Å². The van der Waals surface area contributed by atoms with Crippen molar-refractivity contribution in [1.29, 1.82) is 0 Å². The SMILES string of the molecule is NC(N)=NCCC[C@](N[N+](=O)[O-])(C(=O)O)C(=O)CCc1ccccc1. The maximum atomic E-state index is 12.5. The number of nitrogens with two attached hydrogens (primary N) is 2. The second-order valence-corrected chi connectivity index (χ2v) is 5.40. The lowest BCUT2D eigenvalue weighted by atomic mass is 9.86. The third-order valence-corrected chi connectivity index (χ3v) is 3.61. The fraction of sp³-hybridized carbons (Fsp3) is 0.400. The van der Waals surface area contributed by atoms with Crippen molar-refractivity contribution in [3.63, 3.8) is 0 Å². The molecule has 1 aromatic carbocycles. The molecule has 10 heteroatoms. The minimum atomic E-state index is -2.32. The largest absolute Gasteiger partial charge is 0.479 e. The van der Waals surface area contributed by atoms with E-state index < -0.39 is 22.3 Å². The highest BCUT2D eigenvalue weighted by atomic mass is 16.7. The second-order valence-electron chi connectivity index (χ2n) is 5.40. The number of carboxylic acid groups (broad SMARTS) is 1. The minimum absolute atomic E-state index is 0.0583. The van der Waals surface area contributed by atoms with Crippen LogP contribution in [0.4, 0.5) is 0 Å². The highest BCUT2D eigenvalue weighted by Crippen LogP contribution is 2.19. The van der Waals surface area contributed by atoms with E-state index in [0.29, 0.717) is 0 Å². The summed E-state index contributed by atoms with van der Waals surface area (Å²) in [7, 11) is 0. The molecule has 0 aromatic heterocycles. The van der Waals surface area contributed by atoms with E-state index in [9.17, 15) is 24.8 Å². The van der Waals surface area contributed by atoms with Crippen LogP contribution in [0, 0.1) is 10.1 Å². The summed E-state index contributed by atoms with van der Waals surface area (Å²) < 4.78 is 0. The number of carbonyl (C=O) groups excluding carboxylic acids is 1. The first-order valence-electron chi connectivity index (χ1n) is 7.56. The highest BCUT2D eigenvalue weighted by Gasteiger charge is 2.49. The van der Waals surface area contributed by atoms with Gasteiger partial charge in [0.15, 0.2) is 16.8 Å². The summed E-state index contributed by atoms with van der Waals surface area (Å²) in [6, 6.07) is 8.96. The van der Waals surface area contributed by atoms with Crippen LogP contribution >= 0.6 is 0 Å². The van der Waals surface area contributed by atoms with Crippen LogP contribution in [0.3, 0.4) is 0 Å². The number of hydrazine groups is 1. The van der Waals surface area contributed by atoms with Gasteiger partial charge in [0.25, 0.3) is 5.54 Å². The van der Waals surface area contributed by atoms with Gasteiger partial charge in [-0.25, -0.2) is 14.9 Å². The zero-order valence-electron chi connectivity index (χ0n) is 13.6. The van der Waals surface area contributed by atoms with Crippen LogP contribution in [0.5, 0.6) is 0 Å². The van der Waals surface area contributed by atoms with E-state index in [1.165, 1.54) is 0 Å². The van der Waals surface area contributed by atoms with E-state index in [4.69, 9.17) is 11.5 Å². The molecule has 6 N–H and O–H groups in total. The Hall–Kier alpha value is -3.17. The predicted octanol–water partition coefficient (Wildman–Crippen LogP) is -0.153. The molecule has 0 fully saturated rings. The molecule has 0 aliphatic carbocycles. The first kappa shape index (κ1) is 19.9. The quantitative estimate of drug-likeness (QED) is 0.106. The van der Waals surface area contributed by atoms with Gasteiger partial charge in [-0.2, -0.15) is 0 Å². The van der Waals surface area contributed by atoms with E-state index in [2.05, 4.69) is 4.99 Å². The number of carboxylic acids is 1. The van der Waals surface area contributed by atoms with Crippen molar-refractivity contribution in [2.24, 2.45) is 16.5 Å². The summed E-state index contributed by atoms with van der Waals surface area (Å²) in [5.74, 6) is -2.56. The topological polar surface area (TPSA) is 174 Å². The number of nitrogens with one attached hydrogen (secondary N) is 1. The third kappa shape index (κ3) is 6.09. The van der Waals surface area contributed by atoms with E-state index in [-0.39, 0.29) is 38.2 Å². The van der Waals surface area contributed by atoms with Crippen molar-refractivity contribution in [1.82, 2.24) is 5.43 Å². The average Bonchev–Trinajstić information content (AvgIpc) is 2.55. The molecule has 0 unspecified atom stereocenters. The lowest BCUT2D eigenvalue weighted by Crippen LogP contribution is -2.60. The molecule has 0 heterocycles. The first-order valence-corrected chi connectivity index (χ1v) is 7.56. The molecule has 136 valence electrons. The van der Waals surface area contributed by atoms with E-state index in [1.807, 2.05) is 6.07 Å². The van der Waals surface area contributed by atoms with Crippen molar-refractivity contribution in [3.8, 4) is 0 Å². The Balaban J connectivity index is 2.90. The molecule has 10 nitrogen and oxygen atoms in total. The molecule has 1 atom stereocenters. The first-order chi connectivity index (χ1) is 11.8. The number of hydrogen-bond acceptors (Lipinski definition) is 5. The number of aryl methyl sites for hydroxylation is 1. The summed E-state index contributed by atoms with van der Waals surface area (Å²) in [6.07, 6.45) is -0.0999. The summed E-state index contributed by atoms with van der Waals surface area (Å²) in [4.78, 5) is 38.7. The zero-order valence-corrected chi connectivity index (χ0v) is 13.6. The van der Waals surface area contributed by atoms with Gasteiger partial charge in [0.2, 0.25) is 0 Å². The third-order valence-electron chi connectivity index (χ3n) is 3.61. The summed E-state index contributed by atoms with van der Waals surface area (Å²) >= 11 is 0. The van der Waals surface area contributed by atoms with Gasteiger partial charge in [0, 0.05) is 13.0 Å². The summed E-state index contributed by atoms with van der Waals surface area (Å²) in [6.45, 7) is 0.0583. The Kier molecular flexibility index (Phi) is 7.32. The van der Waals surface area contributed by atoms with Gasteiger partial charge in [0.05, 0.1) is 0 Å². The normalized spacial score (nSPS) is 12.6. The molecule has 0 bridgehead atoms. The fourth-order valence-electron chi connectivity index (χ4n) is 2.36. The zero-order chi connectivity index (χ0) is 18.9. The van der Waals surface area contributed by atoms with E-state index in [0.717, 1.165) is 5.56 Å². The fourth-order valence-corrected chi connectivity index (χ4v) is 2.36. The number of guanidine groups is 1. The van der Waals surface area contributed by atoms with Gasteiger partial charge < -0.3 is 16.6 Å². The van der Waals surface area contributed by atoms with Crippen LogP contribution in [0.25, 0.3) is 0 Å². The Morgan fingerprint density at radius 3 is 2.44 bits per heavy atom. The molecule has 0 saturated heterocycles. The van der Waals surface area contributed by atoms with Gasteiger partial charge in [-0.1, -0.05) is 30.3 Å². The Bertz CT molecular complexity index is 645. The van der Waals surface area contributed by atoms with Crippen LogP contribution in [0.15, 0.2) is 35.3 Å². The number of ketones is 1. The number of Topliss-reactive ketones (excluding diaryl/α,β-unsaturated/α-hetero) is 1. The molecular weight excluding hydrogens is 330 g/mol. The molecule has 1 aromatic rings. The van der Waals surface area contributed by atoms with Crippen LogP contribution in [-0.4, -0.2) is 39.9 Å². The van der Waals surface area contributed by atoms with Crippen molar-refractivity contribution in [2.75, 3.05) is 6.54 Å². The van der Waals surface area contributed by atoms with Crippen LogP contribution in [0.2, 0.25) is 0 Å². The molecule has 0 saturated carbocycles. The maximum Gasteiger partial charge on any atom is 0.343 e. The van der Waals surface area contributed by atoms with E-state index >= 15 is 0 Å². The summed E-state index contributed by atoms with van der Waals surface area (Å²) in [5, 5.41) is 19.3. The smallest absolute Gasteiger partial charge is 0.343 e. The van der Waals surface area contributed by atoms with Crippen LogP contribution < -0.4 is 16.9 Å². The monoisotopic (exact) mass is 351 g/mol. The summed E-state index contributed by atoms with van der Waals surface area (Å²) in [5.41, 5.74) is 10.5. The van der Waals surface area contributed by atoms with Crippen molar-refractivity contribution in [2.45, 2.75) is 31.2 Å². The number of nitro groups is 1. The molecular formula is C15H21N5O5. The number of hydrogen-bond donors (Lipinski definition) is 4. The number of benzene rings is 1. The van der Waals surface area contributed by atoms with E-state index in [1.54, 1.807) is 29.7 Å². The number of carbonyl (C=O) groups is 2. The van der Waals surface area contributed by atoms with Gasteiger partial charge in [-0.15, -0.1) is 5.43 Å². The molecule has 25 heavy (non-hydrogen) atoms. The highest BCUT2D eigenvalue weighted by molar-refractivity contribution is 6.07. The lowest BCUT2D eigenvalue weighted by molar-refractivity contribution is -0.554. The number of nitrogens with zero attached hydrogens (tertiary/aromatic N) is 2. The Labute approximate surface area is 144 Å². The average molecular weight is 351 g/mol. The van der Waals surface area contributed by atoms with Crippen molar-refractivity contribution in [3.05, 3.63) is 46.0 Å². The molecule has 0 radical (unpaired) electrons. The predicted molar refractivity (Wildman–Crippen MR) is 90.2 cm³/mol. The van der Waals surface area contributed by atoms with Crippen LogP contribution in [-0.2, 0) is 16.0 Å². The minimum Gasteiger partial charge on any atom is -0.479 e.